The lowest BCUT2D eigenvalue weighted by molar-refractivity contribution is -0.00855. The van der Waals surface area contributed by atoms with E-state index < -0.39 is 6.10 Å². The molecule has 0 bridgehead atoms. The van der Waals surface area contributed by atoms with E-state index in [1.165, 1.54) is 9.75 Å². The normalized spacial score (nSPS) is 14.8. The lowest BCUT2D eigenvalue weighted by Crippen LogP contribution is -2.31. The van der Waals surface area contributed by atoms with Crippen molar-refractivity contribution in [2.75, 3.05) is 13.2 Å². The van der Waals surface area contributed by atoms with Crippen LogP contribution >= 0.6 is 11.3 Å². The van der Waals surface area contributed by atoms with E-state index in [-0.39, 0.29) is 6.10 Å². The zero-order valence-electron chi connectivity index (χ0n) is 12.5. The van der Waals surface area contributed by atoms with Gasteiger partial charge in [0.05, 0.1) is 18.8 Å². The molecule has 1 aromatic rings. The van der Waals surface area contributed by atoms with Crippen molar-refractivity contribution in [1.29, 1.82) is 0 Å². The fraction of sp³-hybridized carbons (Fsp3) is 0.733. The summed E-state index contributed by atoms with van der Waals surface area (Å²) in [5, 5.41) is 13.1. The number of hydrogen-bond acceptors (Lipinski definition) is 4. The van der Waals surface area contributed by atoms with E-state index in [4.69, 9.17) is 4.74 Å². The maximum absolute atomic E-state index is 9.83. The Morgan fingerprint density at radius 1 is 1.32 bits per heavy atom. The summed E-state index contributed by atoms with van der Waals surface area (Å²) in [5.74, 6) is 0.632. The van der Waals surface area contributed by atoms with Crippen LogP contribution in [0.5, 0.6) is 0 Å². The third kappa shape index (κ3) is 7.67. The van der Waals surface area contributed by atoms with E-state index in [9.17, 15) is 5.11 Å². The fourth-order valence-corrected chi connectivity index (χ4v) is 2.87. The molecule has 0 amide bonds. The molecule has 0 saturated heterocycles. The fourth-order valence-electron chi connectivity index (χ4n) is 2.01. The van der Waals surface area contributed by atoms with Crippen LogP contribution in [0.25, 0.3) is 0 Å². The van der Waals surface area contributed by atoms with Crippen LogP contribution in [0.2, 0.25) is 0 Å². The predicted molar refractivity (Wildman–Crippen MR) is 81.6 cm³/mol. The van der Waals surface area contributed by atoms with Crippen LogP contribution in [0.15, 0.2) is 12.1 Å². The number of aliphatic hydroxyl groups is 1. The second-order valence-corrected chi connectivity index (χ2v) is 6.94. The summed E-state index contributed by atoms with van der Waals surface area (Å²) in [6.45, 7) is 10.3. The Kier molecular flexibility index (Phi) is 7.61. The number of nitrogens with one attached hydrogen (secondary N) is 1. The van der Waals surface area contributed by atoms with Gasteiger partial charge in [0.1, 0.15) is 0 Å². The molecule has 0 aliphatic rings. The van der Waals surface area contributed by atoms with Crippen LogP contribution in [0.4, 0.5) is 0 Å². The molecule has 19 heavy (non-hydrogen) atoms. The van der Waals surface area contributed by atoms with Gasteiger partial charge in [-0.1, -0.05) is 13.8 Å². The Labute approximate surface area is 121 Å². The van der Waals surface area contributed by atoms with Gasteiger partial charge in [-0.15, -0.1) is 11.3 Å². The molecule has 1 rings (SSSR count). The SMILES string of the molecule is Cc1ccc(CNCC(O)COC(C)CC(C)C)s1. The summed E-state index contributed by atoms with van der Waals surface area (Å²) in [6, 6.07) is 4.25. The van der Waals surface area contributed by atoms with Gasteiger partial charge < -0.3 is 15.2 Å². The molecule has 0 spiro atoms. The number of ether oxygens (including phenoxy) is 1. The quantitative estimate of drug-likeness (QED) is 0.733. The molecular formula is C15H27NO2S. The average Bonchev–Trinajstić information content (AvgIpc) is 2.71. The van der Waals surface area contributed by atoms with Gasteiger partial charge in [-0.2, -0.15) is 0 Å². The second-order valence-electron chi connectivity index (χ2n) is 5.57. The first-order valence-electron chi connectivity index (χ1n) is 7.03. The van der Waals surface area contributed by atoms with E-state index in [0.29, 0.717) is 19.1 Å². The predicted octanol–water partition coefficient (Wildman–Crippen LogP) is 2.96. The summed E-state index contributed by atoms with van der Waals surface area (Å²) in [6.07, 6.45) is 0.819. The maximum Gasteiger partial charge on any atom is 0.0897 e. The molecule has 2 unspecified atom stereocenters. The van der Waals surface area contributed by atoms with Crippen LogP contribution in [-0.2, 0) is 11.3 Å². The van der Waals surface area contributed by atoms with Crippen LogP contribution in [0, 0.1) is 12.8 Å². The number of aliphatic hydroxyl groups excluding tert-OH is 1. The van der Waals surface area contributed by atoms with Gasteiger partial charge in [-0.25, -0.2) is 0 Å². The van der Waals surface area contributed by atoms with E-state index >= 15 is 0 Å². The Morgan fingerprint density at radius 3 is 2.63 bits per heavy atom. The largest absolute Gasteiger partial charge is 0.389 e. The standard InChI is InChI=1S/C15H27NO2S/c1-11(2)7-12(3)18-10-14(17)8-16-9-15-6-5-13(4)19-15/h5-6,11-12,14,16-17H,7-10H2,1-4H3. The molecule has 0 aliphatic carbocycles. The van der Waals surface area contributed by atoms with Gasteiger partial charge in [0.2, 0.25) is 0 Å². The summed E-state index contributed by atoms with van der Waals surface area (Å²) >= 11 is 1.79. The van der Waals surface area contributed by atoms with E-state index in [1.54, 1.807) is 11.3 Å². The summed E-state index contributed by atoms with van der Waals surface area (Å²) in [5.41, 5.74) is 0. The zero-order valence-corrected chi connectivity index (χ0v) is 13.3. The van der Waals surface area contributed by atoms with E-state index in [1.807, 2.05) is 0 Å². The molecule has 0 aliphatic heterocycles. The van der Waals surface area contributed by atoms with Gasteiger partial charge in [-0.3, -0.25) is 0 Å². The number of rotatable bonds is 9. The molecule has 3 nitrogen and oxygen atoms in total. The molecule has 4 heteroatoms. The second kappa shape index (κ2) is 8.69. The molecule has 1 aromatic heterocycles. The van der Waals surface area contributed by atoms with Crippen molar-refractivity contribution in [3.63, 3.8) is 0 Å². The molecule has 2 atom stereocenters. The Balaban J connectivity index is 2.09. The number of aryl methyl sites for hydroxylation is 1. The molecular weight excluding hydrogens is 258 g/mol. The van der Waals surface area contributed by atoms with Gasteiger partial charge in [0.15, 0.2) is 0 Å². The first-order valence-corrected chi connectivity index (χ1v) is 7.84. The van der Waals surface area contributed by atoms with E-state index in [0.717, 1.165) is 13.0 Å². The lowest BCUT2D eigenvalue weighted by atomic mass is 10.1. The maximum atomic E-state index is 9.83. The van der Waals surface area contributed by atoms with Gasteiger partial charge >= 0.3 is 0 Å². The molecule has 0 radical (unpaired) electrons. The summed E-state index contributed by atoms with van der Waals surface area (Å²) in [7, 11) is 0. The zero-order chi connectivity index (χ0) is 14.3. The minimum Gasteiger partial charge on any atom is -0.389 e. The van der Waals surface area contributed by atoms with Crippen LogP contribution < -0.4 is 5.32 Å². The molecule has 2 N–H and O–H groups in total. The Bertz CT molecular complexity index is 352. The van der Waals surface area contributed by atoms with Crippen LogP contribution in [0.1, 0.15) is 36.9 Å². The van der Waals surface area contributed by atoms with Crippen LogP contribution in [0.3, 0.4) is 0 Å². The first kappa shape index (κ1) is 16.6. The highest BCUT2D eigenvalue weighted by molar-refractivity contribution is 7.11. The van der Waals surface area contributed by atoms with Crippen molar-refractivity contribution in [1.82, 2.24) is 5.32 Å². The number of thiophene rings is 1. The van der Waals surface area contributed by atoms with Crippen molar-refractivity contribution in [2.45, 2.75) is 52.9 Å². The monoisotopic (exact) mass is 285 g/mol. The van der Waals surface area contributed by atoms with Gasteiger partial charge in [0.25, 0.3) is 0 Å². The van der Waals surface area contributed by atoms with Crippen LogP contribution in [-0.4, -0.2) is 30.5 Å². The van der Waals surface area contributed by atoms with Gasteiger partial charge in [0, 0.05) is 22.8 Å². The summed E-state index contributed by atoms with van der Waals surface area (Å²) < 4.78 is 5.63. The van der Waals surface area contributed by atoms with Crippen molar-refractivity contribution in [3.05, 3.63) is 21.9 Å². The topological polar surface area (TPSA) is 41.5 Å². The van der Waals surface area contributed by atoms with Crippen molar-refractivity contribution < 1.29 is 9.84 Å². The highest BCUT2D eigenvalue weighted by Crippen LogP contribution is 2.14. The Hall–Kier alpha value is -0.420. The highest BCUT2D eigenvalue weighted by Gasteiger charge is 2.09. The van der Waals surface area contributed by atoms with Crippen molar-refractivity contribution in [2.24, 2.45) is 5.92 Å². The third-order valence-electron chi connectivity index (χ3n) is 2.85. The highest BCUT2D eigenvalue weighted by atomic mass is 32.1. The molecule has 110 valence electrons. The molecule has 0 fully saturated rings. The molecule has 0 aromatic carbocycles. The molecule has 0 saturated carbocycles. The van der Waals surface area contributed by atoms with Gasteiger partial charge in [-0.05, 0) is 38.3 Å². The Morgan fingerprint density at radius 2 is 2.05 bits per heavy atom. The third-order valence-corrected chi connectivity index (χ3v) is 3.85. The molecule has 1 heterocycles. The minimum absolute atomic E-state index is 0.217. The average molecular weight is 285 g/mol. The van der Waals surface area contributed by atoms with E-state index in [2.05, 4.69) is 45.1 Å². The lowest BCUT2D eigenvalue weighted by Gasteiger charge is -2.18. The number of hydrogen-bond donors (Lipinski definition) is 2. The van der Waals surface area contributed by atoms with Crippen molar-refractivity contribution in [3.8, 4) is 0 Å². The minimum atomic E-state index is -0.435. The first-order chi connectivity index (χ1) is 8.97. The smallest absolute Gasteiger partial charge is 0.0897 e. The summed E-state index contributed by atoms with van der Waals surface area (Å²) in [4.78, 5) is 2.63. The van der Waals surface area contributed by atoms with Crippen molar-refractivity contribution >= 4 is 11.3 Å².